The zero-order valence-electron chi connectivity index (χ0n) is 17.1. The molecule has 0 atom stereocenters. The highest BCUT2D eigenvalue weighted by atomic mass is 19.4. The van der Waals surface area contributed by atoms with Crippen LogP contribution in [0.1, 0.15) is 48.1 Å². The second-order valence-corrected chi connectivity index (χ2v) is 8.08. The van der Waals surface area contributed by atoms with Gasteiger partial charge in [-0.25, -0.2) is 4.79 Å². The average molecular weight is 424 g/mol. The van der Waals surface area contributed by atoms with E-state index < -0.39 is 29.3 Å². The number of amides is 2. The number of fused-ring (bicyclic) bond motifs is 1. The van der Waals surface area contributed by atoms with Crippen molar-refractivity contribution in [3.8, 4) is 0 Å². The highest BCUT2D eigenvalue weighted by molar-refractivity contribution is 6.04. The molecule has 30 heavy (non-hydrogen) atoms. The Hall–Kier alpha value is -3.04. The number of benzene rings is 1. The van der Waals surface area contributed by atoms with Gasteiger partial charge >= 0.3 is 12.3 Å². The summed E-state index contributed by atoms with van der Waals surface area (Å²) in [6.07, 6.45) is -4.53. The lowest BCUT2D eigenvalue weighted by Gasteiger charge is -2.30. The molecule has 1 aromatic heterocycles. The molecule has 0 fully saturated rings. The number of aromatic nitrogens is 2. The van der Waals surface area contributed by atoms with Gasteiger partial charge in [0.05, 0.1) is 12.1 Å². The van der Waals surface area contributed by atoms with Crippen LogP contribution < -0.4 is 5.32 Å². The van der Waals surface area contributed by atoms with E-state index in [-0.39, 0.29) is 17.9 Å². The molecule has 2 amide bonds. The molecule has 7 nitrogen and oxygen atoms in total. The molecule has 2 aromatic rings. The van der Waals surface area contributed by atoms with Crippen molar-refractivity contribution in [2.45, 2.75) is 45.5 Å². The van der Waals surface area contributed by atoms with Crippen molar-refractivity contribution in [3.05, 3.63) is 46.8 Å². The van der Waals surface area contributed by atoms with Crippen LogP contribution in [0.3, 0.4) is 0 Å². The summed E-state index contributed by atoms with van der Waals surface area (Å²) in [6, 6.07) is 4.38. The number of hydrogen-bond donors (Lipinski definition) is 1. The molecule has 0 aliphatic carbocycles. The van der Waals surface area contributed by atoms with Crippen molar-refractivity contribution >= 4 is 17.7 Å². The summed E-state index contributed by atoms with van der Waals surface area (Å²) in [5, 5.41) is 6.70. The summed E-state index contributed by atoms with van der Waals surface area (Å²) in [5.74, 6) is -0.641. The first-order chi connectivity index (χ1) is 13.8. The van der Waals surface area contributed by atoms with Crippen LogP contribution in [-0.4, -0.2) is 38.8 Å². The summed E-state index contributed by atoms with van der Waals surface area (Å²) >= 11 is 0. The molecular formula is C20H23F3N4O3. The van der Waals surface area contributed by atoms with Crippen LogP contribution >= 0.6 is 0 Å². The molecule has 10 heteroatoms. The Bertz CT molecular complexity index is 977. The van der Waals surface area contributed by atoms with E-state index in [0.29, 0.717) is 18.5 Å². The van der Waals surface area contributed by atoms with Gasteiger partial charge in [-0.3, -0.25) is 9.48 Å². The van der Waals surface area contributed by atoms with Gasteiger partial charge in [0.1, 0.15) is 5.60 Å². The SMILES string of the molecule is Cn1nc(C(=O)Nc2cccc(C(F)(F)F)c2)c2c1CCN(C(=O)OC(C)(C)C)C2. The van der Waals surface area contributed by atoms with Gasteiger partial charge in [-0.05, 0) is 39.0 Å². The summed E-state index contributed by atoms with van der Waals surface area (Å²) in [7, 11) is 1.68. The minimum absolute atomic E-state index is 0.00837. The fourth-order valence-electron chi connectivity index (χ4n) is 3.22. The molecule has 1 N–H and O–H groups in total. The third-order valence-corrected chi connectivity index (χ3v) is 4.56. The summed E-state index contributed by atoms with van der Waals surface area (Å²) < 4.78 is 45.7. The van der Waals surface area contributed by atoms with Gasteiger partial charge < -0.3 is 15.0 Å². The van der Waals surface area contributed by atoms with E-state index in [1.807, 2.05) is 0 Å². The number of carbonyl (C=O) groups excluding carboxylic acids is 2. The Morgan fingerprint density at radius 1 is 1.20 bits per heavy atom. The Kier molecular flexibility index (Phi) is 5.53. The summed E-state index contributed by atoms with van der Waals surface area (Å²) in [6.45, 7) is 5.83. The molecule has 0 unspecified atom stereocenters. The maximum atomic E-state index is 12.9. The van der Waals surface area contributed by atoms with Crippen LogP contribution in [0.4, 0.5) is 23.7 Å². The summed E-state index contributed by atoms with van der Waals surface area (Å²) in [5.41, 5.74) is -0.0922. The highest BCUT2D eigenvalue weighted by Gasteiger charge is 2.33. The van der Waals surface area contributed by atoms with Crippen molar-refractivity contribution in [2.75, 3.05) is 11.9 Å². The number of rotatable bonds is 2. The largest absolute Gasteiger partial charge is 0.444 e. The number of nitrogens with one attached hydrogen (secondary N) is 1. The Morgan fingerprint density at radius 3 is 2.53 bits per heavy atom. The number of nitrogens with zero attached hydrogens (tertiary/aromatic N) is 3. The van der Waals surface area contributed by atoms with Crippen LogP contribution in [0.25, 0.3) is 0 Å². The van der Waals surface area contributed by atoms with Crippen LogP contribution in [0.5, 0.6) is 0 Å². The molecule has 3 rings (SSSR count). The minimum atomic E-state index is -4.52. The van der Waals surface area contributed by atoms with Crippen molar-refractivity contribution in [1.82, 2.24) is 14.7 Å². The predicted octanol–water partition coefficient (Wildman–Crippen LogP) is 3.98. The Morgan fingerprint density at radius 2 is 1.90 bits per heavy atom. The standard InChI is InChI=1S/C20H23F3N4O3/c1-19(2,3)30-18(29)27-9-8-15-14(11-27)16(25-26(15)4)17(28)24-13-7-5-6-12(10-13)20(21,22)23/h5-7,10H,8-9,11H2,1-4H3,(H,24,28). The van der Waals surface area contributed by atoms with E-state index in [4.69, 9.17) is 4.74 Å². The first kappa shape index (κ1) is 21.7. The number of aryl methyl sites for hydroxylation is 1. The minimum Gasteiger partial charge on any atom is -0.444 e. The molecule has 0 spiro atoms. The Balaban J connectivity index is 1.82. The number of halogens is 3. The molecule has 0 saturated carbocycles. The van der Waals surface area contributed by atoms with Crippen molar-refractivity contribution in [1.29, 1.82) is 0 Å². The first-order valence-corrected chi connectivity index (χ1v) is 9.36. The van der Waals surface area contributed by atoms with Crippen molar-refractivity contribution in [2.24, 2.45) is 7.05 Å². The summed E-state index contributed by atoms with van der Waals surface area (Å²) in [4.78, 5) is 26.6. The second kappa shape index (κ2) is 7.66. The van der Waals surface area contributed by atoms with Crippen LogP contribution in [0.15, 0.2) is 24.3 Å². The molecule has 1 aliphatic rings. The maximum absolute atomic E-state index is 12.9. The lowest BCUT2D eigenvalue weighted by Crippen LogP contribution is -2.40. The van der Waals surface area contributed by atoms with E-state index >= 15 is 0 Å². The third-order valence-electron chi connectivity index (χ3n) is 4.56. The van der Waals surface area contributed by atoms with Gasteiger partial charge in [0.2, 0.25) is 0 Å². The topological polar surface area (TPSA) is 76.5 Å². The van der Waals surface area contributed by atoms with Crippen LogP contribution in [-0.2, 0) is 30.9 Å². The van der Waals surface area contributed by atoms with Crippen molar-refractivity contribution in [3.63, 3.8) is 0 Å². The van der Waals surface area contributed by atoms with Gasteiger partial charge in [-0.1, -0.05) is 6.07 Å². The molecule has 0 bridgehead atoms. The highest BCUT2D eigenvalue weighted by Crippen LogP contribution is 2.31. The normalized spacial score (nSPS) is 14.3. The van der Waals surface area contributed by atoms with Gasteiger partial charge in [0.15, 0.2) is 5.69 Å². The van der Waals surface area contributed by atoms with Crippen LogP contribution in [0.2, 0.25) is 0 Å². The smallest absolute Gasteiger partial charge is 0.416 e. The molecule has 2 heterocycles. The molecule has 0 saturated heterocycles. The zero-order valence-corrected chi connectivity index (χ0v) is 17.1. The van der Waals surface area contributed by atoms with E-state index in [1.165, 1.54) is 17.0 Å². The van der Waals surface area contributed by atoms with E-state index in [0.717, 1.165) is 17.8 Å². The number of anilines is 1. The molecule has 1 aliphatic heterocycles. The molecule has 1 aromatic carbocycles. The van der Waals surface area contributed by atoms with E-state index in [9.17, 15) is 22.8 Å². The second-order valence-electron chi connectivity index (χ2n) is 8.08. The lowest BCUT2D eigenvalue weighted by atomic mass is 10.0. The molecule has 0 radical (unpaired) electrons. The quantitative estimate of drug-likeness (QED) is 0.791. The van der Waals surface area contributed by atoms with E-state index in [1.54, 1.807) is 32.5 Å². The van der Waals surface area contributed by atoms with Gasteiger partial charge in [-0.15, -0.1) is 0 Å². The van der Waals surface area contributed by atoms with Crippen LogP contribution in [0, 0.1) is 0 Å². The predicted molar refractivity (Wildman–Crippen MR) is 103 cm³/mol. The van der Waals surface area contributed by atoms with E-state index in [2.05, 4.69) is 10.4 Å². The van der Waals surface area contributed by atoms with Gasteiger partial charge in [-0.2, -0.15) is 18.3 Å². The average Bonchev–Trinajstić information content (AvgIpc) is 2.96. The van der Waals surface area contributed by atoms with Gasteiger partial charge in [0, 0.05) is 37.0 Å². The molecule has 162 valence electrons. The number of ether oxygens (including phenoxy) is 1. The number of carbonyl (C=O) groups is 2. The zero-order chi connectivity index (χ0) is 22.3. The fraction of sp³-hybridized carbons (Fsp3) is 0.450. The first-order valence-electron chi connectivity index (χ1n) is 9.36. The fourth-order valence-corrected chi connectivity index (χ4v) is 3.22. The Labute approximate surface area is 171 Å². The monoisotopic (exact) mass is 424 g/mol. The number of hydrogen-bond acceptors (Lipinski definition) is 4. The third kappa shape index (κ3) is 4.74. The molecular weight excluding hydrogens is 401 g/mol. The van der Waals surface area contributed by atoms with Gasteiger partial charge in [0.25, 0.3) is 5.91 Å². The lowest BCUT2D eigenvalue weighted by molar-refractivity contribution is -0.137. The maximum Gasteiger partial charge on any atom is 0.416 e. The number of alkyl halides is 3. The van der Waals surface area contributed by atoms with Crippen molar-refractivity contribution < 1.29 is 27.5 Å².